The number of rotatable bonds is 8. The standard InChI is InChI=1S/C24H41NO4S/c1-2-30-22-16-23(27)25(24(22)28)17-21(26)19-29-18-20-14-12-10-8-6-4-3-5-7-9-11-13-15-20/h20,22H,2-19H2,1H3. The van der Waals surface area contributed by atoms with Gasteiger partial charge in [-0.3, -0.25) is 19.3 Å². The van der Waals surface area contributed by atoms with Crippen molar-refractivity contribution in [2.24, 2.45) is 5.92 Å². The maximum absolute atomic E-state index is 12.3. The van der Waals surface area contributed by atoms with E-state index in [1.54, 1.807) is 0 Å². The van der Waals surface area contributed by atoms with E-state index in [-0.39, 0.29) is 42.4 Å². The number of carbonyl (C=O) groups excluding carboxylic acids is 3. The molecule has 172 valence electrons. The summed E-state index contributed by atoms with van der Waals surface area (Å²) in [5, 5.41) is -0.319. The smallest absolute Gasteiger partial charge is 0.243 e. The van der Waals surface area contributed by atoms with Gasteiger partial charge in [-0.15, -0.1) is 11.8 Å². The molecule has 30 heavy (non-hydrogen) atoms. The quantitative estimate of drug-likeness (QED) is 0.489. The van der Waals surface area contributed by atoms with E-state index in [0.717, 1.165) is 10.7 Å². The first-order chi connectivity index (χ1) is 14.6. The minimum absolute atomic E-state index is 0.000846. The van der Waals surface area contributed by atoms with E-state index in [0.29, 0.717) is 12.5 Å². The molecule has 0 aromatic rings. The number of carbonyl (C=O) groups is 3. The summed E-state index contributed by atoms with van der Waals surface area (Å²) in [4.78, 5) is 37.8. The molecule has 0 spiro atoms. The largest absolute Gasteiger partial charge is 0.373 e. The third-order valence-corrected chi connectivity index (χ3v) is 7.35. The molecule has 1 aliphatic heterocycles. The Morgan fingerprint density at radius 2 is 1.47 bits per heavy atom. The molecule has 1 aliphatic carbocycles. The van der Waals surface area contributed by atoms with E-state index >= 15 is 0 Å². The summed E-state index contributed by atoms with van der Waals surface area (Å²) in [6.07, 6.45) is 17.2. The SMILES string of the molecule is CCSC1CC(=O)N(CC(=O)COCC2CCCCCCCCCCCCC2)C1=O. The van der Waals surface area contributed by atoms with Crippen molar-refractivity contribution in [3.63, 3.8) is 0 Å². The van der Waals surface area contributed by atoms with E-state index in [1.165, 1.54) is 95.2 Å². The number of hydrogen-bond acceptors (Lipinski definition) is 5. The highest BCUT2D eigenvalue weighted by atomic mass is 32.2. The van der Waals surface area contributed by atoms with Crippen LogP contribution in [0.25, 0.3) is 0 Å². The van der Waals surface area contributed by atoms with Crippen molar-refractivity contribution in [2.75, 3.05) is 25.5 Å². The van der Waals surface area contributed by atoms with Gasteiger partial charge in [-0.2, -0.15) is 0 Å². The zero-order chi connectivity index (χ0) is 21.6. The number of thioether (sulfide) groups is 1. The van der Waals surface area contributed by atoms with Crippen LogP contribution < -0.4 is 0 Å². The number of Topliss-reactive ketones (excluding diaryl/α,β-unsaturated/α-hetero) is 1. The number of hydrogen-bond donors (Lipinski definition) is 0. The highest BCUT2D eigenvalue weighted by molar-refractivity contribution is 8.00. The number of nitrogens with zero attached hydrogens (tertiary/aromatic N) is 1. The maximum atomic E-state index is 12.3. The van der Waals surface area contributed by atoms with Crippen LogP contribution in [0.4, 0.5) is 0 Å². The predicted molar refractivity (Wildman–Crippen MR) is 123 cm³/mol. The molecule has 2 aliphatic rings. The van der Waals surface area contributed by atoms with Crippen LogP contribution >= 0.6 is 11.8 Å². The van der Waals surface area contributed by atoms with Crippen molar-refractivity contribution in [1.29, 1.82) is 0 Å². The van der Waals surface area contributed by atoms with Crippen LogP contribution in [0.3, 0.4) is 0 Å². The molecule has 2 rings (SSSR count). The fourth-order valence-electron chi connectivity index (χ4n) is 4.48. The zero-order valence-corrected chi connectivity index (χ0v) is 19.7. The van der Waals surface area contributed by atoms with Crippen LogP contribution in [0, 0.1) is 5.92 Å². The molecule has 0 bridgehead atoms. The first-order valence-electron chi connectivity index (χ1n) is 12.2. The molecule has 1 heterocycles. The second-order valence-electron chi connectivity index (χ2n) is 8.85. The molecule has 1 saturated carbocycles. The van der Waals surface area contributed by atoms with E-state index < -0.39 is 0 Å². The number of likely N-dealkylation sites (tertiary alicyclic amines) is 1. The summed E-state index contributed by atoms with van der Waals surface area (Å²) in [7, 11) is 0. The van der Waals surface area contributed by atoms with E-state index in [9.17, 15) is 14.4 Å². The third kappa shape index (κ3) is 9.51. The second kappa shape index (κ2) is 15.0. The molecule has 1 unspecified atom stereocenters. The Morgan fingerprint density at radius 1 is 0.933 bits per heavy atom. The summed E-state index contributed by atoms with van der Waals surface area (Å²) in [6, 6.07) is 0. The molecule has 0 radical (unpaired) electrons. The lowest BCUT2D eigenvalue weighted by Crippen LogP contribution is -2.37. The summed E-state index contributed by atoms with van der Waals surface area (Å²) in [6.45, 7) is 2.44. The van der Waals surface area contributed by atoms with E-state index in [1.807, 2.05) is 6.92 Å². The lowest BCUT2D eigenvalue weighted by Gasteiger charge is -2.18. The van der Waals surface area contributed by atoms with Gasteiger partial charge in [-0.25, -0.2) is 0 Å². The highest BCUT2D eigenvalue weighted by Gasteiger charge is 2.39. The fraction of sp³-hybridized carbons (Fsp3) is 0.875. The van der Waals surface area contributed by atoms with E-state index in [2.05, 4.69) is 0 Å². The topological polar surface area (TPSA) is 63.7 Å². The van der Waals surface area contributed by atoms with Crippen molar-refractivity contribution < 1.29 is 19.1 Å². The van der Waals surface area contributed by atoms with Crippen LogP contribution in [-0.2, 0) is 19.1 Å². The van der Waals surface area contributed by atoms with Crippen molar-refractivity contribution in [3.8, 4) is 0 Å². The van der Waals surface area contributed by atoms with E-state index in [4.69, 9.17) is 4.74 Å². The lowest BCUT2D eigenvalue weighted by atomic mass is 9.94. The van der Waals surface area contributed by atoms with Gasteiger partial charge in [0, 0.05) is 13.0 Å². The minimum atomic E-state index is -0.319. The highest BCUT2D eigenvalue weighted by Crippen LogP contribution is 2.25. The van der Waals surface area contributed by atoms with Crippen molar-refractivity contribution in [3.05, 3.63) is 0 Å². The first kappa shape index (κ1) is 25.4. The second-order valence-corrected chi connectivity index (χ2v) is 10.3. The molecule has 6 heteroatoms. The fourth-order valence-corrected chi connectivity index (χ4v) is 5.41. The van der Waals surface area contributed by atoms with Gasteiger partial charge in [0.15, 0.2) is 5.78 Å². The Hall–Kier alpha value is -0.880. The van der Waals surface area contributed by atoms with Crippen molar-refractivity contribution >= 4 is 29.4 Å². The van der Waals surface area contributed by atoms with Crippen LogP contribution in [0.2, 0.25) is 0 Å². The average molecular weight is 440 g/mol. The third-order valence-electron chi connectivity index (χ3n) is 6.25. The number of imide groups is 1. The molecule has 0 N–H and O–H groups in total. The van der Waals surface area contributed by atoms with Gasteiger partial charge in [0.05, 0.1) is 11.8 Å². The molecule has 0 aromatic carbocycles. The molecular weight excluding hydrogens is 398 g/mol. The van der Waals surface area contributed by atoms with Gasteiger partial charge in [0.1, 0.15) is 6.61 Å². The molecule has 1 saturated heterocycles. The van der Waals surface area contributed by atoms with Crippen LogP contribution in [-0.4, -0.2) is 53.3 Å². The Labute approximate surface area is 187 Å². The minimum Gasteiger partial charge on any atom is -0.373 e. The Balaban J connectivity index is 1.69. The molecule has 2 amide bonds. The van der Waals surface area contributed by atoms with Crippen LogP contribution in [0.15, 0.2) is 0 Å². The Kier molecular flexibility index (Phi) is 12.7. The van der Waals surface area contributed by atoms with Gasteiger partial charge in [-0.05, 0) is 24.5 Å². The van der Waals surface area contributed by atoms with Gasteiger partial charge in [-0.1, -0.05) is 77.6 Å². The Morgan fingerprint density at radius 3 is 2.00 bits per heavy atom. The zero-order valence-electron chi connectivity index (χ0n) is 18.9. The average Bonchev–Trinajstić information content (AvgIpc) is 2.98. The summed E-state index contributed by atoms with van der Waals surface area (Å²) in [5.74, 6) is 0.674. The van der Waals surface area contributed by atoms with Crippen LogP contribution in [0.1, 0.15) is 96.8 Å². The number of ether oxygens (including phenoxy) is 1. The van der Waals surface area contributed by atoms with Crippen LogP contribution in [0.5, 0.6) is 0 Å². The predicted octanol–water partition coefficient (Wildman–Crippen LogP) is 5.15. The summed E-state index contributed by atoms with van der Waals surface area (Å²) < 4.78 is 5.76. The van der Waals surface area contributed by atoms with Gasteiger partial charge < -0.3 is 4.74 Å². The molecule has 2 fully saturated rings. The first-order valence-corrected chi connectivity index (χ1v) is 13.2. The summed E-state index contributed by atoms with van der Waals surface area (Å²) >= 11 is 1.48. The van der Waals surface area contributed by atoms with Gasteiger partial charge >= 0.3 is 0 Å². The van der Waals surface area contributed by atoms with Crippen molar-refractivity contribution in [2.45, 2.75) is 102 Å². The molecular formula is C24H41NO4S. The Bertz CT molecular complexity index is 525. The molecule has 0 aromatic heterocycles. The van der Waals surface area contributed by atoms with Gasteiger partial charge in [0.2, 0.25) is 11.8 Å². The normalized spacial score (nSPS) is 23.5. The maximum Gasteiger partial charge on any atom is 0.243 e. The number of amides is 2. The lowest BCUT2D eigenvalue weighted by molar-refractivity contribution is -0.142. The number of ketones is 1. The molecule has 1 atom stereocenters. The monoisotopic (exact) mass is 439 g/mol. The molecule has 5 nitrogen and oxygen atoms in total. The van der Waals surface area contributed by atoms with Gasteiger partial charge in [0.25, 0.3) is 0 Å². The van der Waals surface area contributed by atoms with Crippen molar-refractivity contribution in [1.82, 2.24) is 4.90 Å². The summed E-state index contributed by atoms with van der Waals surface area (Å²) in [5.41, 5.74) is 0.